The molecule has 0 spiro atoms. The molecule has 0 fully saturated rings. The van der Waals surface area contributed by atoms with Gasteiger partial charge in [0.1, 0.15) is 18.1 Å². The molecule has 0 saturated heterocycles. The first-order chi connectivity index (χ1) is 18.6. The maximum atomic E-state index is 13.5. The fraction of sp³-hybridized carbons (Fsp3) is 0.0769. The van der Waals surface area contributed by atoms with Gasteiger partial charge in [-0.2, -0.15) is 0 Å². The Morgan fingerprint density at radius 3 is 2.10 bits per heavy atom. The number of pyridine rings is 1. The highest BCUT2D eigenvalue weighted by atomic mass is 35.5. The molecule has 0 atom stereocenters. The molecule has 0 saturated carbocycles. The van der Waals surface area contributed by atoms with Gasteiger partial charge in [-0.3, -0.25) is 13.8 Å². The molecule has 0 aliphatic heterocycles. The summed E-state index contributed by atoms with van der Waals surface area (Å²) in [6, 6.07) is 22.0. The number of nitrogens with one attached hydrogen (secondary N) is 2. The van der Waals surface area contributed by atoms with Gasteiger partial charge in [-0.15, -0.1) is 0 Å². The van der Waals surface area contributed by atoms with Gasteiger partial charge in [-0.05, 0) is 84.9 Å². The number of amides is 1. The van der Waals surface area contributed by atoms with Crippen molar-refractivity contribution < 1.29 is 26.4 Å². The van der Waals surface area contributed by atoms with Gasteiger partial charge in [0.2, 0.25) is 5.91 Å². The lowest BCUT2D eigenvalue weighted by Crippen LogP contribution is -2.38. The van der Waals surface area contributed by atoms with E-state index in [9.17, 15) is 21.6 Å². The van der Waals surface area contributed by atoms with Crippen molar-refractivity contribution in [1.82, 2.24) is 4.98 Å². The molecule has 10 nitrogen and oxygen atoms in total. The molecule has 0 aliphatic rings. The monoisotopic (exact) mass is 586 g/mol. The van der Waals surface area contributed by atoms with Crippen molar-refractivity contribution in [3.8, 4) is 5.75 Å². The Hall–Kier alpha value is -4.13. The van der Waals surface area contributed by atoms with E-state index in [1.54, 1.807) is 12.1 Å². The van der Waals surface area contributed by atoms with E-state index in [1.165, 1.54) is 92.2 Å². The number of anilines is 3. The molecule has 13 heteroatoms. The summed E-state index contributed by atoms with van der Waals surface area (Å²) < 4.78 is 60.7. The van der Waals surface area contributed by atoms with E-state index in [-0.39, 0.29) is 27.0 Å². The maximum absolute atomic E-state index is 13.5. The van der Waals surface area contributed by atoms with E-state index < -0.39 is 32.5 Å². The first-order valence-electron chi connectivity index (χ1n) is 11.3. The van der Waals surface area contributed by atoms with Crippen LogP contribution >= 0.6 is 11.6 Å². The lowest BCUT2D eigenvalue weighted by atomic mass is 10.3. The summed E-state index contributed by atoms with van der Waals surface area (Å²) in [7, 11) is -6.59. The Bertz CT molecular complexity index is 1650. The van der Waals surface area contributed by atoms with E-state index in [4.69, 9.17) is 16.3 Å². The number of halogens is 1. The topological polar surface area (TPSA) is 135 Å². The smallest absolute Gasteiger partial charge is 0.264 e. The average Bonchev–Trinajstić information content (AvgIpc) is 2.93. The van der Waals surface area contributed by atoms with Crippen molar-refractivity contribution in [2.75, 3.05) is 28.0 Å². The second-order valence-corrected chi connectivity index (χ2v) is 12.0. The normalized spacial score (nSPS) is 11.4. The van der Waals surface area contributed by atoms with Gasteiger partial charge in [0.25, 0.3) is 20.0 Å². The van der Waals surface area contributed by atoms with Crippen LogP contribution in [-0.2, 0) is 24.8 Å². The van der Waals surface area contributed by atoms with Crippen LogP contribution in [0.2, 0.25) is 5.02 Å². The Morgan fingerprint density at radius 1 is 0.872 bits per heavy atom. The van der Waals surface area contributed by atoms with Crippen LogP contribution in [0.15, 0.2) is 107 Å². The number of ether oxygens (including phenoxy) is 1. The molecule has 0 aliphatic carbocycles. The average molecular weight is 587 g/mol. The molecule has 2 N–H and O–H groups in total. The number of hydrogen-bond acceptors (Lipinski definition) is 7. The molecule has 0 bridgehead atoms. The summed E-state index contributed by atoms with van der Waals surface area (Å²) in [5.74, 6) is -0.00933. The standard InChI is InChI=1S/C26H23ClN4O6S2/c1-37-22-11-15-24(16-12-22)39(35,36)31(21-9-5-19(27)6-10-21)18-26(32)29-20-7-13-23(14-8-20)38(33,34)30-25-4-2-3-17-28-25/h2-17H,18H2,1H3,(H,28,30)(H,29,32). The van der Waals surface area contributed by atoms with Gasteiger partial charge in [0.05, 0.1) is 22.6 Å². The summed E-state index contributed by atoms with van der Waals surface area (Å²) >= 11 is 5.97. The zero-order valence-corrected chi connectivity index (χ0v) is 22.9. The summed E-state index contributed by atoms with van der Waals surface area (Å²) in [6.07, 6.45) is 1.46. The first kappa shape index (κ1) is 27.9. The second-order valence-electron chi connectivity index (χ2n) is 8.06. The first-order valence-corrected chi connectivity index (χ1v) is 14.6. The van der Waals surface area contributed by atoms with Crippen molar-refractivity contribution in [2.24, 2.45) is 0 Å². The van der Waals surface area contributed by atoms with E-state index in [0.717, 1.165) is 4.31 Å². The van der Waals surface area contributed by atoms with Crippen LogP contribution in [0, 0.1) is 0 Å². The summed E-state index contributed by atoms with van der Waals surface area (Å²) in [6.45, 7) is -0.558. The quantitative estimate of drug-likeness (QED) is 0.281. The highest BCUT2D eigenvalue weighted by Crippen LogP contribution is 2.27. The van der Waals surface area contributed by atoms with Gasteiger partial charge >= 0.3 is 0 Å². The fourth-order valence-electron chi connectivity index (χ4n) is 3.47. The lowest BCUT2D eigenvalue weighted by Gasteiger charge is -2.24. The third-order valence-corrected chi connectivity index (χ3v) is 8.81. The van der Waals surface area contributed by atoms with E-state index >= 15 is 0 Å². The van der Waals surface area contributed by atoms with Crippen molar-refractivity contribution in [1.29, 1.82) is 0 Å². The molecule has 1 amide bonds. The minimum absolute atomic E-state index is 0.0407. The molecule has 3 aromatic carbocycles. The van der Waals surface area contributed by atoms with Crippen LogP contribution < -0.4 is 19.1 Å². The molecule has 1 heterocycles. The number of hydrogen-bond donors (Lipinski definition) is 2. The van der Waals surface area contributed by atoms with Crippen LogP contribution in [-0.4, -0.2) is 41.4 Å². The molecule has 0 unspecified atom stereocenters. The predicted octanol–water partition coefficient (Wildman–Crippen LogP) is 4.38. The SMILES string of the molecule is COc1ccc(S(=O)(=O)N(CC(=O)Nc2ccc(S(=O)(=O)Nc3ccccn3)cc2)c2ccc(Cl)cc2)cc1. The van der Waals surface area contributed by atoms with Crippen LogP contribution in [0.3, 0.4) is 0 Å². The van der Waals surface area contributed by atoms with Crippen LogP contribution in [0.25, 0.3) is 0 Å². The number of rotatable bonds is 10. The molecule has 4 aromatic rings. The number of sulfonamides is 2. The number of benzene rings is 3. The van der Waals surface area contributed by atoms with Crippen molar-refractivity contribution >= 4 is 54.7 Å². The zero-order chi connectivity index (χ0) is 28.0. The molecule has 1 aromatic heterocycles. The molecule has 0 radical (unpaired) electrons. The molecule has 4 rings (SSSR count). The van der Waals surface area contributed by atoms with Crippen LogP contribution in [0.1, 0.15) is 0 Å². The second kappa shape index (κ2) is 11.7. The Morgan fingerprint density at radius 2 is 1.51 bits per heavy atom. The van der Waals surface area contributed by atoms with Gasteiger partial charge < -0.3 is 10.1 Å². The number of aromatic nitrogens is 1. The summed E-state index contributed by atoms with van der Waals surface area (Å²) in [5.41, 5.74) is 0.502. The van der Waals surface area contributed by atoms with Gasteiger partial charge in [0, 0.05) is 16.9 Å². The highest BCUT2D eigenvalue weighted by Gasteiger charge is 2.27. The molecule has 202 valence electrons. The summed E-state index contributed by atoms with van der Waals surface area (Å²) in [5, 5.41) is 3.01. The third kappa shape index (κ3) is 6.85. The van der Waals surface area contributed by atoms with E-state index in [0.29, 0.717) is 10.8 Å². The molecular formula is C26H23ClN4O6S2. The number of nitrogens with zero attached hydrogens (tertiary/aromatic N) is 2. The lowest BCUT2D eigenvalue weighted by molar-refractivity contribution is -0.114. The van der Waals surface area contributed by atoms with Gasteiger partial charge in [-0.25, -0.2) is 21.8 Å². The van der Waals surface area contributed by atoms with Gasteiger partial charge in [-0.1, -0.05) is 17.7 Å². The van der Waals surface area contributed by atoms with Gasteiger partial charge in [0.15, 0.2) is 0 Å². The highest BCUT2D eigenvalue weighted by molar-refractivity contribution is 7.93. The minimum atomic E-state index is -4.15. The Balaban J connectivity index is 1.53. The van der Waals surface area contributed by atoms with Crippen molar-refractivity contribution in [3.05, 3.63) is 102 Å². The maximum Gasteiger partial charge on any atom is 0.264 e. The fourth-order valence-corrected chi connectivity index (χ4v) is 6.02. The number of carbonyl (C=O) groups is 1. The summed E-state index contributed by atoms with van der Waals surface area (Å²) in [4.78, 5) is 16.8. The predicted molar refractivity (Wildman–Crippen MR) is 149 cm³/mol. The van der Waals surface area contributed by atoms with Crippen LogP contribution in [0.4, 0.5) is 17.2 Å². The van der Waals surface area contributed by atoms with E-state index in [1.807, 2.05) is 0 Å². The number of carbonyl (C=O) groups excluding carboxylic acids is 1. The Kier molecular flexibility index (Phi) is 8.38. The van der Waals surface area contributed by atoms with Crippen molar-refractivity contribution in [2.45, 2.75) is 9.79 Å². The largest absolute Gasteiger partial charge is 0.497 e. The molecular weight excluding hydrogens is 564 g/mol. The zero-order valence-electron chi connectivity index (χ0n) is 20.5. The van der Waals surface area contributed by atoms with E-state index in [2.05, 4.69) is 15.0 Å². The molecule has 39 heavy (non-hydrogen) atoms. The van der Waals surface area contributed by atoms with Crippen LogP contribution in [0.5, 0.6) is 5.75 Å². The number of methoxy groups -OCH3 is 1. The van der Waals surface area contributed by atoms with Crippen molar-refractivity contribution in [3.63, 3.8) is 0 Å². The third-order valence-electron chi connectivity index (χ3n) is 5.40. The Labute approximate surface area is 231 Å². The minimum Gasteiger partial charge on any atom is -0.497 e.